The van der Waals surface area contributed by atoms with E-state index in [1.165, 1.54) is 18.2 Å². The molecule has 0 aliphatic heterocycles. The molecule has 0 bridgehead atoms. The number of carboxylic acid groups (broad SMARTS) is 1. The van der Waals surface area contributed by atoms with Gasteiger partial charge in [0, 0.05) is 5.02 Å². The molecule has 0 saturated carbocycles. The lowest BCUT2D eigenvalue weighted by Crippen LogP contribution is -2.24. The zero-order valence-electron chi connectivity index (χ0n) is 9.26. The number of rotatable bonds is 4. The van der Waals surface area contributed by atoms with E-state index in [2.05, 4.69) is 0 Å². The van der Waals surface area contributed by atoms with Crippen molar-refractivity contribution in [1.29, 1.82) is 0 Å². The number of benzene rings is 1. The Bertz CT molecular complexity index is 402. The van der Waals surface area contributed by atoms with Crippen molar-refractivity contribution < 1.29 is 14.3 Å². The molecule has 0 amide bonds. The summed E-state index contributed by atoms with van der Waals surface area (Å²) < 4.78 is 13.3. The van der Waals surface area contributed by atoms with Crippen LogP contribution in [0.5, 0.6) is 0 Å². The highest BCUT2D eigenvalue weighted by molar-refractivity contribution is 6.30. The number of halogens is 2. The minimum Gasteiger partial charge on any atom is -0.481 e. The summed E-state index contributed by atoms with van der Waals surface area (Å²) in [6.07, 6.45) is 0.741. The lowest BCUT2D eigenvalue weighted by Gasteiger charge is -2.18. The second-order valence-electron chi connectivity index (χ2n) is 4.42. The lowest BCUT2D eigenvalue weighted by molar-refractivity contribution is -0.147. The Labute approximate surface area is 99.0 Å². The van der Waals surface area contributed by atoms with Gasteiger partial charge in [0.1, 0.15) is 5.82 Å². The summed E-state index contributed by atoms with van der Waals surface area (Å²) in [4.78, 5) is 10.9. The van der Waals surface area contributed by atoms with Gasteiger partial charge >= 0.3 is 5.97 Å². The highest BCUT2D eigenvalue weighted by Gasteiger charge is 2.26. The van der Waals surface area contributed by atoms with E-state index in [0.29, 0.717) is 23.4 Å². The van der Waals surface area contributed by atoms with Crippen molar-refractivity contribution in [1.82, 2.24) is 0 Å². The third kappa shape index (κ3) is 3.20. The van der Waals surface area contributed by atoms with Gasteiger partial charge in [0.2, 0.25) is 0 Å². The van der Waals surface area contributed by atoms with E-state index >= 15 is 0 Å². The Morgan fingerprint density at radius 2 is 2.12 bits per heavy atom. The van der Waals surface area contributed by atoms with E-state index < -0.39 is 11.4 Å². The first-order valence-corrected chi connectivity index (χ1v) is 5.38. The minimum atomic E-state index is -0.880. The number of hydrogen-bond donors (Lipinski definition) is 1. The van der Waals surface area contributed by atoms with Gasteiger partial charge in [-0.2, -0.15) is 0 Å². The molecular formula is C12H14ClFO2. The second kappa shape index (κ2) is 4.83. The van der Waals surface area contributed by atoms with E-state index in [-0.39, 0.29) is 5.82 Å². The fourth-order valence-electron chi connectivity index (χ4n) is 1.29. The van der Waals surface area contributed by atoms with Crippen LogP contribution in [0, 0.1) is 11.2 Å². The van der Waals surface area contributed by atoms with Gasteiger partial charge in [-0.15, -0.1) is 0 Å². The van der Waals surface area contributed by atoms with Crippen molar-refractivity contribution in [2.45, 2.75) is 26.7 Å². The number of carboxylic acids is 1. The molecule has 1 rings (SSSR count). The Hall–Kier alpha value is -1.09. The fraction of sp³-hybridized carbons (Fsp3) is 0.417. The molecule has 2 nitrogen and oxygen atoms in total. The molecule has 0 aromatic heterocycles. The topological polar surface area (TPSA) is 37.3 Å². The van der Waals surface area contributed by atoms with Gasteiger partial charge in [0.05, 0.1) is 5.41 Å². The Morgan fingerprint density at radius 3 is 2.69 bits per heavy atom. The van der Waals surface area contributed by atoms with Crippen LogP contribution in [0.4, 0.5) is 4.39 Å². The van der Waals surface area contributed by atoms with Gasteiger partial charge in [0.15, 0.2) is 0 Å². The van der Waals surface area contributed by atoms with Crippen LogP contribution in [-0.4, -0.2) is 11.1 Å². The highest BCUT2D eigenvalue weighted by Crippen LogP contribution is 2.25. The molecule has 0 atom stereocenters. The van der Waals surface area contributed by atoms with Gasteiger partial charge < -0.3 is 5.11 Å². The molecule has 16 heavy (non-hydrogen) atoms. The molecule has 0 spiro atoms. The van der Waals surface area contributed by atoms with E-state index in [9.17, 15) is 9.18 Å². The molecule has 4 heteroatoms. The number of aryl methyl sites for hydroxylation is 1. The van der Waals surface area contributed by atoms with E-state index in [4.69, 9.17) is 16.7 Å². The molecule has 88 valence electrons. The van der Waals surface area contributed by atoms with Crippen molar-refractivity contribution in [2.75, 3.05) is 0 Å². The second-order valence-corrected chi connectivity index (χ2v) is 4.86. The van der Waals surface area contributed by atoms with Crippen LogP contribution in [0.15, 0.2) is 18.2 Å². The van der Waals surface area contributed by atoms with E-state index in [0.717, 1.165) is 0 Å². The van der Waals surface area contributed by atoms with Crippen LogP contribution in [0.3, 0.4) is 0 Å². The zero-order chi connectivity index (χ0) is 12.3. The van der Waals surface area contributed by atoms with Crippen LogP contribution in [0.2, 0.25) is 5.02 Å². The minimum absolute atomic E-state index is 0.342. The van der Waals surface area contributed by atoms with E-state index in [1.807, 2.05) is 0 Å². The van der Waals surface area contributed by atoms with Crippen molar-refractivity contribution in [3.63, 3.8) is 0 Å². The molecule has 1 aromatic rings. The quantitative estimate of drug-likeness (QED) is 0.880. The summed E-state index contributed by atoms with van der Waals surface area (Å²) in [5.41, 5.74) is -0.392. The van der Waals surface area contributed by atoms with Gasteiger partial charge in [-0.3, -0.25) is 4.79 Å². The lowest BCUT2D eigenvalue weighted by atomic mass is 9.86. The van der Waals surface area contributed by atoms with Gasteiger partial charge in [-0.25, -0.2) is 4.39 Å². The Morgan fingerprint density at radius 1 is 1.50 bits per heavy atom. The maximum atomic E-state index is 13.3. The van der Waals surface area contributed by atoms with Gasteiger partial charge in [-0.1, -0.05) is 11.6 Å². The first-order valence-electron chi connectivity index (χ1n) is 5.00. The smallest absolute Gasteiger partial charge is 0.309 e. The molecular weight excluding hydrogens is 231 g/mol. The van der Waals surface area contributed by atoms with E-state index in [1.54, 1.807) is 13.8 Å². The number of hydrogen-bond acceptors (Lipinski definition) is 1. The molecule has 1 N–H and O–H groups in total. The normalized spacial score (nSPS) is 11.5. The van der Waals surface area contributed by atoms with Crippen molar-refractivity contribution in [3.8, 4) is 0 Å². The molecule has 0 aliphatic carbocycles. The van der Waals surface area contributed by atoms with Crippen molar-refractivity contribution >= 4 is 17.6 Å². The first-order chi connectivity index (χ1) is 7.33. The fourth-order valence-corrected chi connectivity index (χ4v) is 1.48. The molecule has 0 aliphatic rings. The van der Waals surface area contributed by atoms with Gasteiger partial charge in [0.25, 0.3) is 0 Å². The summed E-state index contributed by atoms with van der Waals surface area (Å²) >= 11 is 5.75. The summed E-state index contributed by atoms with van der Waals surface area (Å²) in [5, 5.41) is 9.39. The summed E-state index contributed by atoms with van der Waals surface area (Å²) in [7, 11) is 0. The van der Waals surface area contributed by atoms with Crippen LogP contribution in [0.25, 0.3) is 0 Å². The maximum Gasteiger partial charge on any atom is 0.309 e. The maximum absolute atomic E-state index is 13.3. The first kappa shape index (κ1) is 13.0. The summed E-state index contributed by atoms with van der Waals surface area (Å²) in [6.45, 7) is 3.25. The average molecular weight is 245 g/mol. The monoisotopic (exact) mass is 244 g/mol. The van der Waals surface area contributed by atoms with Crippen LogP contribution < -0.4 is 0 Å². The molecule has 0 saturated heterocycles. The number of carbonyl (C=O) groups is 1. The standard InChI is InChI=1S/C12H14ClFO2/c1-12(2,11(15)16)6-5-8-7-9(13)3-4-10(8)14/h3-4,7H,5-6H2,1-2H3,(H,15,16). The van der Waals surface area contributed by atoms with Crippen LogP contribution in [0.1, 0.15) is 25.8 Å². The Kier molecular flexibility index (Phi) is 3.92. The van der Waals surface area contributed by atoms with Gasteiger partial charge in [-0.05, 0) is 50.5 Å². The molecule has 0 unspecified atom stereocenters. The predicted molar refractivity (Wildman–Crippen MR) is 61.1 cm³/mol. The summed E-state index contributed by atoms with van der Waals surface area (Å²) in [6, 6.07) is 4.31. The Balaban J connectivity index is 2.75. The van der Waals surface area contributed by atoms with Crippen LogP contribution in [-0.2, 0) is 11.2 Å². The predicted octanol–water partition coefficient (Wildman–Crippen LogP) is 3.52. The largest absolute Gasteiger partial charge is 0.481 e. The third-order valence-corrected chi connectivity index (χ3v) is 2.84. The highest BCUT2D eigenvalue weighted by atomic mass is 35.5. The van der Waals surface area contributed by atoms with Crippen molar-refractivity contribution in [3.05, 3.63) is 34.6 Å². The molecule has 1 aromatic carbocycles. The average Bonchev–Trinajstić information content (AvgIpc) is 2.19. The molecule has 0 radical (unpaired) electrons. The van der Waals surface area contributed by atoms with Crippen LogP contribution >= 0.6 is 11.6 Å². The third-order valence-electron chi connectivity index (χ3n) is 2.61. The zero-order valence-corrected chi connectivity index (χ0v) is 10.0. The van der Waals surface area contributed by atoms with Crippen molar-refractivity contribution in [2.24, 2.45) is 5.41 Å². The number of aliphatic carboxylic acids is 1. The SMILES string of the molecule is CC(C)(CCc1cc(Cl)ccc1F)C(=O)O. The summed E-state index contributed by atoms with van der Waals surface area (Å²) in [5.74, 6) is -1.22. The molecule has 0 heterocycles. The molecule has 0 fully saturated rings.